The highest BCUT2D eigenvalue weighted by molar-refractivity contribution is 6.32. The topological polar surface area (TPSA) is 79.0 Å². The number of hydrogen-bond donors (Lipinski definition) is 2. The van der Waals surface area contributed by atoms with Gasteiger partial charge in [-0.2, -0.15) is 10.1 Å². The number of ether oxygens (including phenoxy) is 1. The Labute approximate surface area is 185 Å². The monoisotopic (exact) mass is 434 g/mol. The molecule has 0 spiro atoms. The molecule has 1 fully saturated rings. The molecule has 0 saturated carbocycles. The van der Waals surface area contributed by atoms with E-state index in [4.69, 9.17) is 16.3 Å². The lowest BCUT2D eigenvalue weighted by molar-refractivity contribution is 0.209. The Morgan fingerprint density at radius 2 is 1.87 bits per heavy atom. The molecule has 8 heteroatoms. The van der Waals surface area contributed by atoms with Gasteiger partial charge in [0.15, 0.2) is 0 Å². The van der Waals surface area contributed by atoms with Gasteiger partial charge in [-0.3, -0.25) is 10.00 Å². The second-order valence-electron chi connectivity index (χ2n) is 7.67. The Balaban J connectivity index is 1.17. The predicted octanol–water partition coefficient (Wildman–Crippen LogP) is 4.88. The molecule has 1 aliphatic rings. The molecule has 0 radical (unpaired) electrons. The minimum atomic E-state index is 0.324. The van der Waals surface area contributed by atoms with Crippen LogP contribution in [0.5, 0.6) is 11.6 Å². The second-order valence-corrected chi connectivity index (χ2v) is 8.07. The van der Waals surface area contributed by atoms with Crippen LogP contribution in [0.25, 0.3) is 10.9 Å². The number of H-pyrrole nitrogens is 1. The van der Waals surface area contributed by atoms with E-state index in [0.29, 0.717) is 28.6 Å². The Morgan fingerprint density at radius 1 is 1.06 bits per heavy atom. The normalized spacial score (nSPS) is 15.3. The van der Waals surface area contributed by atoms with Crippen molar-refractivity contribution < 1.29 is 4.74 Å². The van der Waals surface area contributed by atoms with Gasteiger partial charge in [0.2, 0.25) is 11.8 Å². The lowest BCUT2D eigenvalue weighted by Gasteiger charge is -2.32. The Bertz CT molecular complexity index is 1170. The number of nitrogens with zero attached hydrogens (tertiary/aromatic N) is 4. The maximum absolute atomic E-state index is 6.17. The lowest BCUT2D eigenvalue weighted by Crippen LogP contribution is -2.39. The summed E-state index contributed by atoms with van der Waals surface area (Å²) in [6.07, 6.45) is 3.73. The lowest BCUT2D eigenvalue weighted by atomic mass is 10.0. The van der Waals surface area contributed by atoms with Crippen LogP contribution in [-0.2, 0) is 6.54 Å². The summed E-state index contributed by atoms with van der Waals surface area (Å²) < 4.78 is 5.81. The number of para-hydroxylation sites is 2. The standard InChI is InChI=1S/C23H23ClN6O/c24-18-6-2-4-8-21(18)31-22-9-12-25-23(27-22)26-16-10-13-30(14-11-16)15-20-17-5-1-3-7-19(17)28-29-20/h1-9,12,16H,10-11,13-15H2,(H,28,29)(H,25,26,27). The van der Waals surface area contributed by atoms with Gasteiger partial charge in [0.1, 0.15) is 5.75 Å². The van der Waals surface area contributed by atoms with Crippen LogP contribution in [0.1, 0.15) is 18.5 Å². The van der Waals surface area contributed by atoms with Crippen molar-refractivity contribution in [3.8, 4) is 11.6 Å². The van der Waals surface area contributed by atoms with Crippen LogP contribution in [-0.4, -0.2) is 44.2 Å². The van der Waals surface area contributed by atoms with Crippen LogP contribution in [0.3, 0.4) is 0 Å². The van der Waals surface area contributed by atoms with Crippen LogP contribution < -0.4 is 10.1 Å². The van der Waals surface area contributed by atoms with Gasteiger partial charge in [0.05, 0.1) is 16.2 Å². The van der Waals surface area contributed by atoms with E-state index in [-0.39, 0.29) is 0 Å². The first-order valence-corrected chi connectivity index (χ1v) is 10.8. The van der Waals surface area contributed by atoms with Crippen molar-refractivity contribution in [3.05, 3.63) is 71.5 Å². The quantitative estimate of drug-likeness (QED) is 0.450. The minimum absolute atomic E-state index is 0.324. The summed E-state index contributed by atoms with van der Waals surface area (Å²) in [7, 11) is 0. The number of likely N-dealkylation sites (tertiary alicyclic amines) is 1. The van der Waals surface area contributed by atoms with Gasteiger partial charge in [-0.15, -0.1) is 0 Å². The summed E-state index contributed by atoms with van der Waals surface area (Å²) in [6.45, 7) is 2.88. The molecule has 2 aromatic carbocycles. The van der Waals surface area contributed by atoms with Crippen LogP contribution in [0, 0.1) is 0 Å². The van der Waals surface area contributed by atoms with Gasteiger partial charge in [0.25, 0.3) is 0 Å². The first-order chi connectivity index (χ1) is 15.2. The van der Waals surface area contributed by atoms with E-state index < -0.39 is 0 Å². The highest BCUT2D eigenvalue weighted by Gasteiger charge is 2.21. The van der Waals surface area contributed by atoms with Crippen molar-refractivity contribution in [2.75, 3.05) is 18.4 Å². The number of hydrogen-bond acceptors (Lipinski definition) is 6. The molecule has 31 heavy (non-hydrogen) atoms. The number of anilines is 1. The molecule has 1 saturated heterocycles. The summed E-state index contributed by atoms with van der Waals surface area (Å²) >= 11 is 6.17. The van der Waals surface area contributed by atoms with E-state index in [9.17, 15) is 0 Å². The molecular weight excluding hydrogens is 412 g/mol. The van der Waals surface area contributed by atoms with Gasteiger partial charge >= 0.3 is 0 Å². The van der Waals surface area contributed by atoms with E-state index >= 15 is 0 Å². The van der Waals surface area contributed by atoms with Crippen molar-refractivity contribution in [3.63, 3.8) is 0 Å². The first kappa shape index (κ1) is 19.8. The average molecular weight is 435 g/mol. The van der Waals surface area contributed by atoms with Gasteiger partial charge < -0.3 is 10.1 Å². The highest BCUT2D eigenvalue weighted by Crippen LogP contribution is 2.28. The van der Waals surface area contributed by atoms with E-state index in [0.717, 1.165) is 38.0 Å². The number of aromatic nitrogens is 4. The maximum atomic E-state index is 6.17. The molecule has 0 bridgehead atoms. The third-order valence-electron chi connectivity index (χ3n) is 5.52. The molecule has 2 N–H and O–H groups in total. The number of benzene rings is 2. The summed E-state index contributed by atoms with van der Waals surface area (Å²) in [6, 6.07) is 17.6. The van der Waals surface area contributed by atoms with Gasteiger partial charge in [-0.05, 0) is 31.0 Å². The van der Waals surface area contributed by atoms with Gasteiger partial charge in [-0.25, -0.2) is 4.98 Å². The smallest absolute Gasteiger partial charge is 0.226 e. The highest BCUT2D eigenvalue weighted by atomic mass is 35.5. The molecule has 0 atom stereocenters. The third-order valence-corrected chi connectivity index (χ3v) is 5.84. The van der Waals surface area contributed by atoms with Gasteiger partial charge in [-0.1, -0.05) is 41.9 Å². The number of piperidine rings is 1. The van der Waals surface area contributed by atoms with Crippen LogP contribution in [0.4, 0.5) is 5.95 Å². The molecule has 7 nitrogen and oxygen atoms in total. The van der Waals surface area contributed by atoms with E-state index in [2.05, 4.69) is 42.5 Å². The molecule has 158 valence electrons. The van der Waals surface area contributed by atoms with Crippen molar-refractivity contribution >= 4 is 28.5 Å². The number of fused-ring (bicyclic) bond motifs is 1. The number of aromatic amines is 1. The van der Waals surface area contributed by atoms with Crippen molar-refractivity contribution in [2.24, 2.45) is 0 Å². The number of nitrogens with one attached hydrogen (secondary N) is 2. The van der Waals surface area contributed by atoms with Crippen LogP contribution in [0.2, 0.25) is 5.02 Å². The molecule has 0 unspecified atom stereocenters. The van der Waals surface area contributed by atoms with Crippen LogP contribution >= 0.6 is 11.6 Å². The molecule has 5 rings (SSSR count). The van der Waals surface area contributed by atoms with Crippen molar-refractivity contribution in [2.45, 2.75) is 25.4 Å². The zero-order valence-corrected chi connectivity index (χ0v) is 17.7. The van der Waals surface area contributed by atoms with Crippen molar-refractivity contribution in [1.82, 2.24) is 25.1 Å². The van der Waals surface area contributed by atoms with E-state index in [1.165, 1.54) is 11.1 Å². The fourth-order valence-electron chi connectivity index (χ4n) is 3.89. The largest absolute Gasteiger partial charge is 0.437 e. The van der Waals surface area contributed by atoms with E-state index in [1.807, 2.05) is 30.3 Å². The molecule has 0 aliphatic carbocycles. The number of rotatable bonds is 6. The minimum Gasteiger partial charge on any atom is -0.437 e. The summed E-state index contributed by atoms with van der Waals surface area (Å²) in [5.74, 6) is 1.62. The summed E-state index contributed by atoms with van der Waals surface area (Å²) in [5.41, 5.74) is 2.19. The molecule has 2 aromatic heterocycles. The Morgan fingerprint density at radius 3 is 2.74 bits per heavy atom. The zero-order valence-electron chi connectivity index (χ0n) is 17.0. The summed E-state index contributed by atoms with van der Waals surface area (Å²) in [5, 5.41) is 12.8. The summed E-state index contributed by atoms with van der Waals surface area (Å²) in [4.78, 5) is 11.3. The molecular formula is C23H23ClN6O. The Hall–Kier alpha value is -3.16. The zero-order chi connectivity index (χ0) is 21.0. The van der Waals surface area contributed by atoms with Crippen LogP contribution in [0.15, 0.2) is 60.8 Å². The average Bonchev–Trinajstić information content (AvgIpc) is 3.20. The Kier molecular flexibility index (Phi) is 5.69. The predicted molar refractivity (Wildman–Crippen MR) is 122 cm³/mol. The van der Waals surface area contributed by atoms with Crippen molar-refractivity contribution in [1.29, 1.82) is 0 Å². The fraction of sp³-hybridized carbons (Fsp3) is 0.261. The molecule has 4 aromatic rings. The SMILES string of the molecule is Clc1ccccc1Oc1ccnc(NC2CCN(Cc3[nH]nc4ccccc34)CC2)n1. The first-order valence-electron chi connectivity index (χ1n) is 10.4. The molecule has 1 aliphatic heterocycles. The maximum Gasteiger partial charge on any atom is 0.226 e. The van der Waals surface area contributed by atoms with Gasteiger partial charge in [0, 0.05) is 43.3 Å². The fourth-order valence-corrected chi connectivity index (χ4v) is 4.06. The molecule has 3 heterocycles. The number of halogens is 1. The molecule has 0 amide bonds. The second kappa shape index (κ2) is 8.91. The third kappa shape index (κ3) is 4.62. The van der Waals surface area contributed by atoms with E-state index in [1.54, 1.807) is 18.3 Å².